The molecule has 1 spiro atoms. The van der Waals surface area contributed by atoms with Gasteiger partial charge in [-0.15, -0.1) is 0 Å². The van der Waals surface area contributed by atoms with Crippen molar-refractivity contribution in [2.45, 2.75) is 19.3 Å². The van der Waals surface area contributed by atoms with Crippen molar-refractivity contribution in [1.82, 2.24) is 14.3 Å². The molecule has 2 aliphatic rings. The highest BCUT2D eigenvalue weighted by Crippen LogP contribution is 2.42. The number of rotatable bonds is 3. The predicted molar refractivity (Wildman–Crippen MR) is 100 cm³/mol. The monoisotopic (exact) mass is 360 g/mol. The first kappa shape index (κ1) is 16.7. The van der Waals surface area contributed by atoms with E-state index in [1.165, 1.54) is 0 Å². The Balaban J connectivity index is 1.56. The van der Waals surface area contributed by atoms with Crippen molar-refractivity contribution in [3.8, 4) is 5.75 Å². The van der Waals surface area contributed by atoms with Gasteiger partial charge in [-0.1, -0.05) is 6.07 Å². The fraction of sp³-hybridized carbons (Fsp3) is 0.556. The van der Waals surface area contributed by atoms with Gasteiger partial charge < -0.3 is 9.64 Å². The van der Waals surface area contributed by atoms with Crippen LogP contribution in [0.25, 0.3) is 10.9 Å². The third kappa shape index (κ3) is 3.00. The summed E-state index contributed by atoms with van der Waals surface area (Å²) >= 11 is 0. The van der Waals surface area contributed by atoms with Crippen LogP contribution in [0, 0.1) is 5.41 Å². The molecule has 1 atom stereocenters. The zero-order valence-corrected chi connectivity index (χ0v) is 15.6. The highest BCUT2D eigenvalue weighted by molar-refractivity contribution is 7.81. The van der Waals surface area contributed by atoms with E-state index in [2.05, 4.69) is 25.2 Å². The van der Waals surface area contributed by atoms with Gasteiger partial charge in [0.2, 0.25) is 0 Å². The first-order valence-electron chi connectivity index (χ1n) is 8.73. The molecule has 7 heteroatoms. The smallest absolute Gasteiger partial charge is 0.145 e. The number of nitrogens with zero attached hydrogens (tertiary/aromatic N) is 4. The van der Waals surface area contributed by atoms with Crippen LogP contribution in [0.15, 0.2) is 24.5 Å². The van der Waals surface area contributed by atoms with Crippen molar-refractivity contribution in [3.63, 3.8) is 0 Å². The molecule has 0 saturated carbocycles. The summed E-state index contributed by atoms with van der Waals surface area (Å²) in [4.78, 5) is 11.3. The summed E-state index contributed by atoms with van der Waals surface area (Å²) in [5.74, 6) is 1.78. The molecule has 0 aliphatic carbocycles. The number of benzene rings is 1. The van der Waals surface area contributed by atoms with Crippen LogP contribution in [0.3, 0.4) is 0 Å². The molecule has 2 saturated heterocycles. The highest BCUT2D eigenvalue weighted by atomic mass is 32.2. The number of hydrogen-bond donors (Lipinski definition) is 0. The van der Waals surface area contributed by atoms with Crippen LogP contribution in [-0.4, -0.2) is 58.0 Å². The van der Waals surface area contributed by atoms with Gasteiger partial charge in [0.15, 0.2) is 0 Å². The van der Waals surface area contributed by atoms with Crippen LogP contribution in [-0.2, 0) is 11.0 Å². The van der Waals surface area contributed by atoms with Gasteiger partial charge >= 0.3 is 0 Å². The molecule has 1 aromatic carbocycles. The topological polar surface area (TPSA) is 58.6 Å². The minimum absolute atomic E-state index is 0.322. The molecule has 6 nitrogen and oxygen atoms in total. The first-order chi connectivity index (χ1) is 12.1. The maximum absolute atomic E-state index is 11.8. The molecular weight excluding hydrogens is 336 g/mol. The molecule has 2 fully saturated rings. The Morgan fingerprint density at radius 2 is 1.92 bits per heavy atom. The largest absolute Gasteiger partial charge is 0.494 e. The Morgan fingerprint density at radius 3 is 2.60 bits per heavy atom. The van der Waals surface area contributed by atoms with Gasteiger partial charge in [0.05, 0.1) is 18.1 Å². The average Bonchev–Trinajstić information content (AvgIpc) is 3.05. The SMILES string of the molecule is COc1cccc2c(N3CCC4(CC3)CCN(S(C)=O)C4)ncnc12. The molecule has 0 radical (unpaired) electrons. The van der Waals surface area contributed by atoms with E-state index in [0.29, 0.717) is 5.41 Å². The van der Waals surface area contributed by atoms with Gasteiger partial charge in [0, 0.05) is 37.8 Å². The van der Waals surface area contributed by atoms with Crippen molar-refractivity contribution in [3.05, 3.63) is 24.5 Å². The molecule has 2 aromatic rings. The Labute approximate surface area is 150 Å². The maximum Gasteiger partial charge on any atom is 0.145 e. The van der Waals surface area contributed by atoms with Crippen LogP contribution in [0.1, 0.15) is 19.3 Å². The molecule has 1 aromatic heterocycles. The second-order valence-electron chi connectivity index (χ2n) is 7.08. The Hall–Kier alpha value is -1.73. The maximum atomic E-state index is 11.8. The molecule has 1 unspecified atom stereocenters. The molecule has 0 amide bonds. The minimum atomic E-state index is -0.850. The quantitative estimate of drug-likeness (QED) is 0.840. The second-order valence-corrected chi connectivity index (χ2v) is 8.44. The molecule has 3 heterocycles. The summed E-state index contributed by atoms with van der Waals surface area (Å²) in [5, 5.41) is 1.04. The summed E-state index contributed by atoms with van der Waals surface area (Å²) < 4.78 is 19.3. The standard InChI is InChI=1S/C18H24N4O2S/c1-24-15-5-3-4-14-16(15)19-13-20-17(14)21-9-6-18(7-10-21)8-11-22(12-18)25(2)23/h3-5,13H,6-12H2,1-2H3. The van der Waals surface area contributed by atoms with E-state index in [4.69, 9.17) is 4.74 Å². The van der Waals surface area contributed by atoms with E-state index in [1.54, 1.807) is 19.7 Å². The third-order valence-corrected chi connectivity index (χ3v) is 6.76. The first-order valence-corrected chi connectivity index (χ1v) is 10.2. The zero-order valence-electron chi connectivity index (χ0n) is 14.8. The molecule has 134 valence electrons. The van der Waals surface area contributed by atoms with Crippen LogP contribution < -0.4 is 9.64 Å². The van der Waals surface area contributed by atoms with E-state index >= 15 is 0 Å². The van der Waals surface area contributed by atoms with E-state index in [-0.39, 0.29) is 0 Å². The highest BCUT2D eigenvalue weighted by Gasteiger charge is 2.41. The Kier molecular flexibility index (Phi) is 4.37. The lowest BCUT2D eigenvalue weighted by Gasteiger charge is -2.40. The van der Waals surface area contributed by atoms with Crippen molar-refractivity contribution in [2.24, 2.45) is 5.41 Å². The average molecular weight is 360 g/mol. The lowest BCUT2D eigenvalue weighted by atomic mass is 9.78. The zero-order chi connectivity index (χ0) is 17.4. The number of anilines is 1. The Morgan fingerprint density at radius 1 is 1.16 bits per heavy atom. The fourth-order valence-electron chi connectivity index (χ4n) is 4.18. The Bertz CT molecular complexity index is 805. The van der Waals surface area contributed by atoms with Gasteiger partial charge in [-0.05, 0) is 36.8 Å². The molecule has 0 bridgehead atoms. The fourth-order valence-corrected chi connectivity index (χ4v) is 4.98. The summed E-state index contributed by atoms with van der Waals surface area (Å²) in [5.41, 5.74) is 1.19. The number of piperidine rings is 1. The van der Waals surface area contributed by atoms with Crippen LogP contribution in [0.5, 0.6) is 5.75 Å². The molecular formula is C18H24N4O2S. The number of aromatic nitrogens is 2. The molecule has 0 N–H and O–H groups in total. The van der Waals surface area contributed by atoms with Gasteiger partial charge in [-0.3, -0.25) is 0 Å². The second kappa shape index (κ2) is 6.53. The van der Waals surface area contributed by atoms with Crippen molar-refractivity contribution >= 4 is 27.7 Å². The summed E-state index contributed by atoms with van der Waals surface area (Å²) in [6, 6.07) is 5.99. The summed E-state index contributed by atoms with van der Waals surface area (Å²) in [6.07, 6.45) is 6.81. The lowest BCUT2D eigenvalue weighted by molar-refractivity contribution is 0.236. The molecule has 2 aliphatic heterocycles. The minimum Gasteiger partial charge on any atom is -0.494 e. The van der Waals surface area contributed by atoms with Gasteiger partial charge in [0.1, 0.15) is 23.4 Å². The number of methoxy groups -OCH3 is 1. The number of hydrogen-bond acceptors (Lipinski definition) is 5. The van der Waals surface area contributed by atoms with E-state index < -0.39 is 11.0 Å². The summed E-state index contributed by atoms with van der Waals surface area (Å²) in [6.45, 7) is 3.88. The number of fused-ring (bicyclic) bond motifs is 1. The van der Waals surface area contributed by atoms with Crippen LogP contribution >= 0.6 is 0 Å². The number of ether oxygens (including phenoxy) is 1. The lowest BCUT2D eigenvalue weighted by Crippen LogP contribution is -2.42. The summed E-state index contributed by atoms with van der Waals surface area (Å²) in [7, 11) is 0.821. The van der Waals surface area contributed by atoms with Gasteiger partial charge in [-0.25, -0.2) is 18.5 Å². The molecule has 25 heavy (non-hydrogen) atoms. The van der Waals surface area contributed by atoms with E-state index in [0.717, 1.165) is 67.9 Å². The van der Waals surface area contributed by atoms with E-state index in [1.807, 2.05) is 12.1 Å². The van der Waals surface area contributed by atoms with Crippen LogP contribution in [0.2, 0.25) is 0 Å². The number of para-hydroxylation sites is 1. The van der Waals surface area contributed by atoms with Gasteiger partial charge in [0.25, 0.3) is 0 Å². The van der Waals surface area contributed by atoms with Crippen molar-refractivity contribution in [2.75, 3.05) is 44.4 Å². The van der Waals surface area contributed by atoms with E-state index in [9.17, 15) is 4.21 Å². The van der Waals surface area contributed by atoms with Gasteiger partial charge in [-0.2, -0.15) is 0 Å². The predicted octanol–water partition coefficient (Wildman–Crippen LogP) is 2.22. The molecule has 4 rings (SSSR count). The van der Waals surface area contributed by atoms with Crippen molar-refractivity contribution < 1.29 is 8.95 Å². The van der Waals surface area contributed by atoms with Crippen LogP contribution in [0.4, 0.5) is 5.82 Å². The third-order valence-electron chi connectivity index (χ3n) is 5.72. The van der Waals surface area contributed by atoms with Crippen molar-refractivity contribution in [1.29, 1.82) is 0 Å². The normalized spacial score (nSPS) is 21.8.